The maximum atomic E-state index is 14.1. The molecule has 2 atom stereocenters. The van der Waals surface area contributed by atoms with Crippen LogP contribution in [0.5, 0.6) is 0 Å². The van der Waals surface area contributed by atoms with Crippen LogP contribution in [0.25, 0.3) is 0 Å². The van der Waals surface area contributed by atoms with E-state index < -0.39 is 29.9 Å². The van der Waals surface area contributed by atoms with E-state index >= 15 is 0 Å². The first-order valence-electron chi connectivity index (χ1n) is 11.6. The first-order valence-corrected chi connectivity index (χ1v) is 11.9. The highest BCUT2D eigenvalue weighted by Crippen LogP contribution is 2.39. The number of anilines is 1. The zero-order valence-corrected chi connectivity index (χ0v) is 19.3. The van der Waals surface area contributed by atoms with Gasteiger partial charge in [0.25, 0.3) is 0 Å². The molecule has 1 saturated heterocycles. The Hall–Kier alpha value is -3.00. The van der Waals surface area contributed by atoms with Crippen LogP contribution in [0.3, 0.4) is 0 Å². The second-order valence-electron chi connectivity index (χ2n) is 9.06. The van der Waals surface area contributed by atoms with Crippen LogP contribution in [-0.2, 0) is 17.7 Å². The van der Waals surface area contributed by atoms with E-state index in [9.17, 15) is 13.6 Å². The Kier molecular flexibility index (Phi) is 6.50. The van der Waals surface area contributed by atoms with Gasteiger partial charge in [-0.15, -0.1) is 5.10 Å². The number of hydrogen-bond acceptors (Lipinski definition) is 4. The summed E-state index contributed by atoms with van der Waals surface area (Å²) in [4.78, 5) is 14.3. The number of ether oxygens (including phenoxy) is 1. The van der Waals surface area contributed by atoms with Gasteiger partial charge in [-0.25, -0.2) is 18.3 Å². The number of rotatable bonds is 6. The second-order valence-corrected chi connectivity index (χ2v) is 9.49. The summed E-state index contributed by atoms with van der Waals surface area (Å²) in [5.74, 6) is -0.828. The Bertz CT molecular complexity index is 1140. The largest absolute Gasteiger partial charge is 0.441 e. The average Bonchev–Trinajstić information content (AvgIpc) is 3.38. The molecule has 178 valence electrons. The van der Waals surface area contributed by atoms with E-state index in [1.54, 1.807) is 28.9 Å². The molecular formula is C25H25ClF2N4O2. The lowest BCUT2D eigenvalue weighted by atomic mass is 9.86. The van der Waals surface area contributed by atoms with E-state index in [0.717, 1.165) is 18.2 Å². The molecule has 3 aromatic rings. The second kappa shape index (κ2) is 9.70. The highest BCUT2D eigenvalue weighted by Gasteiger charge is 2.44. The number of halogens is 3. The third-order valence-electron chi connectivity index (χ3n) is 6.59. The van der Waals surface area contributed by atoms with Crippen LogP contribution in [0.1, 0.15) is 49.4 Å². The normalized spacial score (nSPS) is 21.1. The van der Waals surface area contributed by atoms with Crippen LogP contribution in [0.15, 0.2) is 48.7 Å². The first kappa shape index (κ1) is 22.8. The third kappa shape index (κ3) is 4.92. The molecule has 0 bridgehead atoms. The van der Waals surface area contributed by atoms with Crippen LogP contribution in [0.2, 0.25) is 5.02 Å². The molecule has 0 spiro atoms. The van der Waals surface area contributed by atoms with E-state index in [1.807, 2.05) is 6.20 Å². The van der Waals surface area contributed by atoms with Crippen molar-refractivity contribution in [2.24, 2.45) is 5.92 Å². The van der Waals surface area contributed by atoms with Crippen molar-refractivity contribution in [2.75, 3.05) is 4.90 Å². The molecule has 6 nitrogen and oxygen atoms in total. The summed E-state index contributed by atoms with van der Waals surface area (Å²) in [6.45, 7) is 0.205. The first-order chi connectivity index (χ1) is 16.5. The van der Waals surface area contributed by atoms with Gasteiger partial charge < -0.3 is 4.74 Å². The maximum Gasteiger partial charge on any atom is 0.415 e. The Morgan fingerprint density at radius 3 is 2.44 bits per heavy atom. The van der Waals surface area contributed by atoms with Gasteiger partial charge in [-0.1, -0.05) is 48.9 Å². The van der Waals surface area contributed by atoms with Crippen LogP contribution in [0.4, 0.5) is 19.3 Å². The van der Waals surface area contributed by atoms with Crippen molar-refractivity contribution in [1.29, 1.82) is 0 Å². The minimum Gasteiger partial charge on any atom is -0.441 e. The van der Waals surface area contributed by atoms with E-state index in [0.29, 0.717) is 22.2 Å². The van der Waals surface area contributed by atoms with Gasteiger partial charge in [0.2, 0.25) is 0 Å². The summed E-state index contributed by atoms with van der Waals surface area (Å²) in [5.41, 5.74) is 1.72. The van der Waals surface area contributed by atoms with E-state index in [4.69, 9.17) is 16.3 Å². The minimum absolute atomic E-state index is 0.205. The van der Waals surface area contributed by atoms with Crippen molar-refractivity contribution in [3.8, 4) is 0 Å². The quantitative estimate of drug-likeness (QED) is 0.422. The molecule has 5 rings (SSSR count). The van der Waals surface area contributed by atoms with Gasteiger partial charge in [-0.3, -0.25) is 4.90 Å². The lowest BCUT2D eigenvalue weighted by Crippen LogP contribution is -2.31. The molecule has 1 saturated carbocycles. The predicted octanol–water partition coefficient (Wildman–Crippen LogP) is 6.10. The third-order valence-corrected chi connectivity index (χ3v) is 6.84. The van der Waals surface area contributed by atoms with Crippen molar-refractivity contribution in [1.82, 2.24) is 15.0 Å². The number of cyclic esters (lactones) is 1. The van der Waals surface area contributed by atoms with E-state index in [-0.39, 0.29) is 6.54 Å². The molecule has 1 aliphatic heterocycles. The summed E-state index contributed by atoms with van der Waals surface area (Å²) in [6, 6.07) is 9.13. The lowest BCUT2D eigenvalue weighted by molar-refractivity contribution is 0.117. The van der Waals surface area contributed by atoms with Gasteiger partial charge in [-0.2, -0.15) is 0 Å². The topological polar surface area (TPSA) is 60.3 Å². The van der Waals surface area contributed by atoms with Crippen molar-refractivity contribution < 1.29 is 18.3 Å². The number of hydrogen-bond donors (Lipinski definition) is 0. The molecule has 0 unspecified atom stereocenters. The minimum atomic E-state index is -0.759. The number of aromatic nitrogens is 3. The van der Waals surface area contributed by atoms with Gasteiger partial charge >= 0.3 is 6.09 Å². The van der Waals surface area contributed by atoms with Gasteiger partial charge in [0.1, 0.15) is 23.8 Å². The number of benzene rings is 2. The standard InChI is InChI=1S/C25H25ClF2N4O2/c26-18-6-8-22(9-7-18)32-24(17-11-19(27)13-20(28)12-17)23(34-25(32)33)15-31-14-21(29-30-31)10-16-4-2-1-3-5-16/h6-9,11-14,16,23-24H,1-5,10,15H2/t23-,24-/m0/s1. The summed E-state index contributed by atoms with van der Waals surface area (Å²) >= 11 is 6.01. The van der Waals surface area contributed by atoms with Crippen LogP contribution in [0, 0.1) is 17.6 Å². The number of carbonyl (C=O) groups excluding carboxylic acids is 1. The Labute approximate surface area is 201 Å². The van der Waals surface area contributed by atoms with Gasteiger partial charge in [0.05, 0.1) is 12.2 Å². The molecule has 34 heavy (non-hydrogen) atoms. The molecule has 1 amide bonds. The summed E-state index contributed by atoms with van der Waals surface area (Å²) in [7, 11) is 0. The fourth-order valence-corrected chi connectivity index (χ4v) is 5.16. The molecule has 9 heteroatoms. The van der Waals surface area contributed by atoms with Crippen molar-refractivity contribution in [2.45, 2.75) is 57.2 Å². The van der Waals surface area contributed by atoms with Crippen LogP contribution < -0.4 is 4.90 Å². The molecule has 2 fully saturated rings. The highest BCUT2D eigenvalue weighted by atomic mass is 35.5. The van der Waals surface area contributed by atoms with Crippen molar-refractivity contribution in [3.63, 3.8) is 0 Å². The number of carbonyl (C=O) groups is 1. The average molecular weight is 487 g/mol. The van der Waals surface area contributed by atoms with Crippen molar-refractivity contribution >= 4 is 23.4 Å². The molecule has 0 N–H and O–H groups in total. The summed E-state index contributed by atoms with van der Waals surface area (Å²) in [6.07, 6.45) is 7.62. The van der Waals surface area contributed by atoms with Gasteiger partial charge in [0.15, 0.2) is 0 Å². The Morgan fingerprint density at radius 1 is 1.03 bits per heavy atom. The van der Waals surface area contributed by atoms with E-state index in [1.165, 1.54) is 49.1 Å². The SMILES string of the molecule is O=C1O[C@@H](Cn2cc(CC3CCCCC3)nn2)[C@H](c2cc(F)cc(F)c2)N1c1ccc(Cl)cc1. The summed E-state index contributed by atoms with van der Waals surface area (Å²) in [5, 5.41) is 9.05. The molecule has 1 aliphatic carbocycles. The number of amides is 1. The zero-order valence-electron chi connectivity index (χ0n) is 18.5. The monoisotopic (exact) mass is 486 g/mol. The maximum absolute atomic E-state index is 14.1. The fraction of sp³-hybridized carbons (Fsp3) is 0.400. The molecule has 0 radical (unpaired) electrons. The Balaban J connectivity index is 1.42. The van der Waals surface area contributed by atoms with Gasteiger partial charge in [-0.05, 0) is 54.3 Å². The van der Waals surface area contributed by atoms with Gasteiger partial charge in [0, 0.05) is 23.0 Å². The fourth-order valence-electron chi connectivity index (χ4n) is 5.04. The van der Waals surface area contributed by atoms with Crippen LogP contribution in [-0.4, -0.2) is 27.2 Å². The Morgan fingerprint density at radius 2 is 1.74 bits per heavy atom. The molecule has 2 heterocycles. The molecule has 2 aliphatic rings. The molecule has 1 aromatic heterocycles. The van der Waals surface area contributed by atoms with E-state index in [2.05, 4.69) is 10.3 Å². The van der Waals surface area contributed by atoms with Crippen LogP contribution >= 0.6 is 11.6 Å². The lowest BCUT2D eigenvalue weighted by Gasteiger charge is -2.25. The zero-order chi connectivity index (χ0) is 23.7. The number of nitrogens with zero attached hydrogens (tertiary/aromatic N) is 4. The molecular weight excluding hydrogens is 462 g/mol. The smallest absolute Gasteiger partial charge is 0.415 e. The van der Waals surface area contributed by atoms with Crippen molar-refractivity contribution in [3.05, 3.63) is 76.6 Å². The molecule has 2 aromatic carbocycles. The predicted molar refractivity (Wildman–Crippen MR) is 124 cm³/mol. The summed E-state index contributed by atoms with van der Waals surface area (Å²) < 4.78 is 35.6. The highest BCUT2D eigenvalue weighted by molar-refractivity contribution is 6.30.